The highest BCUT2D eigenvalue weighted by molar-refractivity contribution is 7.91. The fraction of sp³-hybridized carbons (Fsp3) is 0.240. The van der Waals surface area contributed by atoms with Crippen LogP contribution in [0, 0.1) is 5.82 Å². The summed E-state index contributed by atoms with van der Waals surface area (Å²) in [5, 5.41) is 0. The molecule has 3 aromatic carbocycles. The van der Waals surface area contributed by atoms with Crippen molar-refractivity contribution in [2.24, 2.45) is 0 Å². The summed E-state index contributed by atoms with van der Waals surface area (Å²) in [6.45, 7) is 4.60. The van der Waals surface area contributed by atoms with Crippen LogP contribution in [0.3, 0.4) is 0 Å². The number of para-hydroxylation sites is 1. The topological polar surface area (TPSA) is 72.9 Å². The van der Waals surface area contributed by atoms with Crippen molar-refractivity contribution in [2.75, 3.05) is 18.1 Å². The third kappa shape index (κ3) is 3.84. The van der Waals surface area contributed by atoms with Crippen LogP contribution in [0.2, 0.25) is 0 Å². The molecule has 33 heavy (non-hydrogen) atoms. The molecule has 172 valence electrons. The number of ether oxygens (including phenoxy) is 2. The first-order valence-electron chi connectivity index (χ1n) is 10.8. The fourth-order valence-electron chi connectivity index (χ4n) is 3.93. The number of fused-ring (bicyclic) bond motifs is 2. The molecule has 3 aromatic rings. The van der Waals surface area contributed by atoms with Crippen LogP contribution < -0.4 is 4.90 Å². The predicted octanol–water partition coefficient (Wildman–Crippen LogP) is 4.95. The summed E-state index contributed by atoms with van der Waals surface area (Å²) in [5.41, 5.74) is 1.42. The highest BCUT2D eigenvalue weighted by Gasteiger charge is 2.55. The maximum Gasteiger partial charge on any atom is 0.297 e. The van der Waals surface area contributed by atoms with Crippen molar-refractivity contribution >= 4 is 27.1 Å². The second-order valence-electron chi connectivity index (χ2n) is 7.28. The Labute approximate surface area is 192 Å². The van der Waals surface area contributed by atoms with E-state index in [2.05, 4.69) is 0 Å². The number of anilines is 2. The molecule has 2 aliphatic heterocycles. The van der Waals surface area contributed by atoms with Crippen molar-refractivity contribution in [3.63, 3.8) is 0 Å². The molecule has 1 amide bonds. The standard InChI is InChI=1S/C23H18FNO5S.C2H6/c24-16-6-4-9-18(14-16)31(27,28)19-10-11-21-20(15-19)23(29-12-5-13-30-23)22(26)25(21)17-7-2-1-3-8-17;1-2/h1-4,6-11,14-15H,5,12-13H2;1-2H3. The Morgan fingerprint density at radius 3 is 2.21 bits per heavy atom. The van der Waals surface area contributed by atoms with Gasteiger partial charge in [0.05, 0.1) is 28.7 Å². The summed E-state index contributed by atoms with van der Waals surface area (Å²) in [6, 6.07) is 18.2. The van der Waals surface area contributed by atoms with Crippen LogP contribution in [0.25, 0.3) is 0 Å². The average molecular weight is 470 g/mol. The molecular formula is C25H24FNO5S. The molecule has 8 heteroatoms. The molecule has 0 atom stereocenters. The van der Waals surface area contributed by atoms with Gasteiger partial charge in [0.2, 0.25) is 9.84 Å². The van der Waals surface area contributed by atoms with E-state index in [9.17, 15) is 17.6 Å². The molecular weight excluding hydrogens is 445 g/mol. The van der Waals surface area contributed by atoms with Gasteiger partial charge in [0.15, 0.2) is 0 Å². The van der Waals surface area contributed by atoms with E-state index in [1.165, 1.54) is 35.2 Å². The van der Waals surface area contributed by atoms with E-state index in [0.717, 1.165) is 6.07 Å². The van der Waals surface area contributed by atoms with E-state index in [0.29, 0.717) is 36.6 Å². The van der Waals surface area contributed by atoms with E-state index in [4.69, 9.17) is 9.47 Å². The van der Waals surface area contributed by atoms with Crippen LogP contribution in [0.5, 0.6) is 0 Å². The molecule has 0 aliphatic carbocycles. The number of carbonyl (C=O) groups excluding carboxylic acids is 1. The lowest BCUT2D eigenvalue weighted by molar-refractivity contribution is -0.256. The van der Waals surface area contributed by atoms with Gasteiger partial charge in [0, 0.05) is 11.3 Å². The van der Waals surface area contributed by atoms with Crippen LogP contribution >= 0.6 is 0 Å². The molecule has 0 unspecified atom stereocenters. The van der Waals surface area contributed by atoms with Gasteiger partial charge in [-0.15, -0.1) is 0 Å². The largest absolute Gasteiger partial charge is 0.338 e. The van der Waals surface area contributed by atoms with Gasteiger partial charge < -0.3 is 9.47 Å². The maximum absolute atomic E-state index is 13.7. The van der Waals surface area contributed by atoms with Gasteiger partial charge in [0.25, 0.3) is 11.7 Å². The van der Waals surface area contributed by atoms with Gasteiger partial charge in [-0.25, -0.2) is 12.8 Å². The first-order valence-corrected chi connectivity index (χ1v) is 12.2. The average Bonchev–Trinajstić information content (AvgIpc) is 3.08. The molecule has 0 N–H and O–H groups in total. The summed E-state index contributed by atoms with van der Waals surface area (Å²) < 4.78 is 51.6. The first kappa shape index (κ1) is 23.1. The lowest BCUT2D eigenvalue weighted by Crippen LogP contribution is -2.46. The summed E-state index contributed by atoms with van der Waals surface area (Å²) in [6.07, 6.45) is 0.622. The van der Waals surface area contributed by atoms with Gasteiger partial charge in [-0.1, -0.05) is 38.1 Å². The molecule has 0 aromatic heterocycles. The maximum atomic E-state index is 13.7. The molecule has 0 saturated carbocycles. The SMILES string of the molecule is CC.O=C1N(c2ccccc2)c2ccc(S(=O)(=O)c3cccc(F)c3)cc2C12OCCCO2. The fourth-order valence-corrected chi connectivity index (χ4v) is 5.25. The number of halogens is 1. The van der Waals surface area contributed by atoms with E-state index in [1.54, 1.807) is 30.3 Å². The van der Waals surface area contributed by atoms with Crippen LogP contribution in [-0.4, -0.2) is 27.5 Å². The Bertz CT molecular complexity index is 1270. The monoisotopic (exact) mass is 469 g/mol. The quantitative estimate of drug-likeness (QED) is 0.543. The zero-order chi connectivity index (χ0) is 23.6. The van der Waals surface area contributed by atoms with E-state index < -0.39 is 27.3 Å². The summed E-state index contributed by atoms with van der Waals surface area (Å²) >= 11 is 0. The Morgan fingerprint density at radius 1 is 0.879 bits per heavy atom. The minimum atomic E-state index is -4.02. The van der Waals surface area contributed by atoms with Crippen LogP contribution in [0.15, 0.2) is 82.6 Å². The van der Waals surface area contributed by atoms with Gasteiger partial charge in [-0.3, -0.25) is 9.69 Å². The molecule has 5 rings (SSSR count). The molecule has 1 saturated heterocycles. The Hall–Kier alpha value is -3.07. The number of nitrogens with zero attached hydrogens (tertiary/aromatic N) is 1. The Balaban J connectivity index is 0.00000126. The molecule has 0 radical (unpaired) electrons. The smallest absolute Gasteiger partial charge is 0.297 e. The second-order valence-corrected chi connectivity index (χ2v) is 9.23. The van der Waals surface area contributed by atoms with Crippen molar-refractivity contribution in [1.29, 1.82) is 0 Å². The zero-order valence-corrected chi connectivity index (χ0v) is 19.1. The van der Waals surface area contributed by atoms with E-state index in [-0.39, 0.29) is 9.79 Å². The number of amides is 1. The zero-order valence-electron chi connectivity index (χ0n) is 18.3. The Kier molecular flexibility index (Phi) is 6.34. The first-order chi connectivity index (χ1) is 15.9. The summed E-state index contributed by atoms with van der Waals surface area (Å²) in [7, 11) is -4.02. The third-order valence-electron chi connectivity index (χ3n) is 5.38. The third-order valence-corrected chi connectivity index (χ3v) is 7.13. The van der Waals surface area contributed by atoms with Gasteiger partial charge >= 0.3 is 0 Å². The van der Waals surface area contributed by atoms with Crippen LogP contribution in [-0.2, 0) is 29.9 Å². The number of carbonyl (C=O) groups is 1. The van der Waals surface area contributed by atoms with Crippen LogP contribution in [0.1, 0.15) is 25.8 Å². The summed E-state index contributed by atoms with van der Waals surface area (Å²) in [5.74, 6) is -2.80. The highest BCUT2D eigenvalue weighted by Crippen LogP contribution is 2.49. The minimum absolute atomic E-state index is 0.0725. The van der Waals surface area contributed by atoms with Crippen LogP contribution in [0.4, 0.5) is 15.8 Å². The van der Waals surface area contributed by atoms with Gasteiger partial charge in [-0.2, -0.15) is 0 Å². The summed E-state index contributed by atoms with van der Waals surface area (Å²) in [4.78, 5) is 14.7. The lowest BCUT2D eigenvalue weighted by atomic mass is 10.1. The van der Waals surface area contributed by atoms with E-state index in [1.807, 2.05) is 19.9 Å². The minimum Gasteiger partial charge on any atom is -0.338 e. The van der Waals surface area contributed by atoms with Crippen molar-refractivity contribution < 1.29 is 27.1 Å². The second kappa shape index (κ2) is 9.05. The van der Waals surface area contributed by atoms with Gasteiger partial charge in [0.1, 0.15) is 5.82 Å². The highest BCUT2D eigenvalue weighted by atomic mass is 32.2. The molecule has 0 bridgehead atoms. The number of sulfone groups is 1. The van der Waals surface area contributed by atoms with E-state index >= 15 is 0 Å². The molecule has 1 fully saturated rings. The van der Waals surface area contributed by atoms with Crippen molar-refractivity contribution in [2.45, 2.75) is 35.8 Å². The number of rotatable bonds is 3. The van der Waals surface area contributed by atoms with Crippen molar-refractivity contribution in [3.8, 4) is 0 Å². The molecule has 2 heterocycles. The van der Waals surface area contributed by atoms with Gasteiger partial charge in [-0.05, 0) is 55.0 Å². The van der Waals surface area contributed by atoms with Crippen molar-refractivity contribution in [3.05, 3.63) is 84.2 Å². The van der Waals surface area contributed by atoms with Crippen molar-refractivity contribution in [1.82, 2.24) is 0 Å². The normalized spacial score (nSPS) is 16.8. The lowest BCUT2D eigenvalue weighted by Gasteiger charge is -2.32. The number of hydrogen-bond acceptors (Lipinski definition) is 5. The molecule has 6 nitrogen and oxygen atoms in total. The molecule has 2 aliphatic rings. The molecule has 1 spiro atoms. The number of hydrogen-bond donors (Lipinski definition) is 0. The predicted molar refractivity (Wildman–Crippen MR) is 121 cm³/mol. The Morgan fingerprint density at radius 2 is 1.55 bits per heavy atom. The number of benzene rings is 3.